The van der Waals surface area contributed by atoms with Gasteiger partial charge in [-0.1, -0.05) is 13.8 Å². The Kier molecular flexibility index (Phi) is 5.14. The first kappa shape index (κ1) is 15.0. The van der Waals surface area contributed by atoms with Crippen LogP contribution in [0.5, 0.6) is 0 Å². The minimum absolute atomic E-state index is 0.675. The minimum Gasteiger partial charge on any atom is -0.344 e. The van der Waals surface area contributed by atoms with Crippen LogP contribution in [0.2, 0.25) is 0 Å². The lowest BCUT2D eigenvalue weighted by Gasteiger charge is -2.15. The molecule has 0 atom stereocenters. The summed E-state index contributed by atoms with van der Waals surface area (Å²) in [6.07, 6.45) is 5.75. The first-order chi connectivity index (χ1) is 9.56. The molecule has 0 saturated heterocycles. The Morgan fingerprint density at radius 1 is 1.40 bits per heavy atom. The van der Waals surface area contributed by atoms with Crippen LogP contribution in [-0.4, -0.2) is 28.1 Å². The second-order valence-electron chi connectivity index (χ2n) is 5.44. The summed E-state index contributed by atoms with van der Waals surface area (Å²) in [4.78, 5) is 12.2. The van der Waals surface area contributed by atoms with E-state index in [0.717, 1.165) is 30.6 Å². The van der Waals surface area contributed by atoms with Crippen molar-refractivity contribution in [2.75, 3.05) is 18.5 Å². The Balaban J connectivity index is 1.89. The van der Waals surface area contributed by atoms with Crippen molar-refractivity contribution >= 4 is 16.5 Å². The van der Waals surface area contributed by atoms with Crippen molar-refractivity contribution < 1.29 is 0 Å². The molecule has 0 bridgehead atoms. The maximum atomic E-state index is 4.49. The molecule has 0 amide bonds. The average molecular weight is 293 g/mol. The third kappa shape index (κ3) is 4.05. The Morgan fingerprint density at radius 2 is 2.20 bits per heavy atom. The number of nitrogens with one attached hydrogen (secondary N) is 1. The predicted molar refractivity (Wildman–Crippen MR) is 84.0 cm³/mol. The monoisotopic (exact) mass is 293 g/mol. The van der Waals surface area contributed by atoms with Crippen LogP contribution in [0.4, 0.5) is 5.13 Å². The van der Waals surface area contributed by atoms with E-state index in [9.17, 15) is 0 Å². The lowest BCUT2D eigenvalue weighted by atomic mass is 10.2. The molecular formula is C14H23N5S. The number of rotatable bonds is 7. The molecule has 0 unspecified atom stereocenters. The van der Waals surface area contributed by atoms with E-state index < -0.39 is 0 Å². The normalized spacial score (nSPS) is 11.2. The summed E-state index contributed by atoms with van der Waals surface area (Å²) in [6.45, 7) is 7.13. The highest BCUT2D eigenvalue weighted by atomic mass is 32.1. The number of aryl methyl sites for hydroxylation is 1. The van der Waals surface area contributed by atoms with Gasteiger partial charge in [0.05, 0.1) is 6.54 Å². The number of thiazole rings is 1. The number of nitrogens with zero attached hydrogens (tertiary/aromatic N) is 4. The number of hydrogen-bond donors (Lipinski definition) is 1. The smallest absolute Gasteiger partial charge is 0.185 e. The molecule has 1 N–H and O–H groups in total. The van der Waals surface area contributed by atoms with Gasteiger partial charge in [0.25, 0.3) is 0 Å². The van der Waals surface area contributed by atoms with Gasteiger partial charge in [0, 0.05) is 44.1 Å². The van der Waals surface area contributed by atoms with Gasteiger partial charge in [0.15, 0.2) is 5.13 Å². The van der Waals surface area contributed by atoms with Crippen molar-refractivity contribution in [2.24, 2.45) is 13.0 Å². The summed E-state index contributed by atoms with van der Waals surface area (Å²) in [6, 6.07) is 0. The van der Waals surface area contributed by atoms with E-state index >= 15 is 0 Å². The summed E-state index contributed by atoms with van der Waals surface area (Å²) >= 11 is 1.74. The summed E-state index contributed by atoms with van der Waals surface area (Å²) in [5.41, 5.74) is 0. The Morgan fingerprint density at radius 3 is 2.85 bits per heavy atom. The van der Waals surface area contributed by atoms with Crippen molar-refractivity contribution in [2.45, 2.75) is 26.9 Å². The van der Waals surface area contributed by atoms with Crippen LogP contribution in [0.15, 0.2) is 18.6 Å². The van der Waals surface area contributed by atoms with Crippen LogP contribution in [0.1, 0.15) is 24.5 Å². The van der Waals surface area contributed by atoms with Crippen molar-refractivity contribution in [3.05, 3.63) is 29.3 Å². The average Bonchev–Trinajstić information content (AvgIpc) is 2.99. The van der Waals surface area contributed by atoms with Gasteiger partial charge in [0.1, 0.15) is 5.82 Å². The fraction of sp³-hybridized carbons (Fsp3) is 0.571. The van der Waals surface area contributed by atoms with E-state index in [1.807, 2.05) is 30.2 Å². The molecule has 2 aromatic rings. The largest absolute Gasteiger partial charge is 0.344 e. The van der Waals surface area contributed by atoms with Crippen LogP contribution < -0.4 is 10.2 Å². The maximum absolute atomic E-state index is 4.49. The minimum atomic E-state index is 0.675. The van der Waals surface area contributed by atoms with Crippen molar-refractivity contribution in [3.8, 4) is 0 Å². The second kappa shape index (κ2) is 6.85. The van der Waals surface area contributed by atoms with Gasteiger partial charge >= 0.3 is 0 Å². The number of aromatic nitrogens is 3. The van der Waals surface area contributed by atoms with Crippen LogP contribution >= 0.6 is 11.3 Å². The van der Waals surface area contributed by atoms with Gasteiger partial charge in [0.2, 0.25) is 0 Å². The van der Waals surface area contributed by atoms with E-state index in [4.69, 9.17) is 0 Å². The highest BCUT2D eigenvalue weighted by molar-refractivity contribution is 7.15. The van der Waals surface area contributed by atoms with E-state index in [1.165, 1.54) is 4.88 Å². The molecule has 0 aromatic carbocycles. The fourth-order valence-electron chi connectivity index (χ4n) is 1.87. The molecule has 6 heteroatoms. The van der Waals surface area contributed by atoms with Crippen molar-refractivity contribution in [1.82, 2.24) is 19.9 Å². The summed E-state index contributed by atoms with van der Waals surface area (Å²) in [5, 5.41) is 4.48. The maximum Gasteiger partial charge on any atom is 0.185 e. The first-order valence-electron chi connectivity index (χ1n) is 6.89. The first-order valence-corrected chi connectivity index (χ1v) is 7.70. The molecule has 2 rings (SSSR count). The lowest BCUT2D eigenvalue weighted by Crippen LogP contribution is -2.19. The quantitative estimate of drug-likeness (QED) is 0.850. The van der Waals surface area contributed by atoms with Gasteiger partial charge in [-0.3, -0.25) is 0 Å². The molecule has 0 aliphatic rings. The van der Waals surface area contributed by atoms with Crippen LogP contribution in [0.25, 0.3) is 0 Å². The van der Waals surface area contributed by atoms with Gasteiger partial charge in [-0.05, 0) is 12.5 Å². The van der Waals surface area contributed by atoms with E-state index in [2.05, 4.69) is 41.1 Å². The van der Waals surface area contributed by atoms with Crippen LogP contribution in [0, 0.1) is 5.92 Å². The molecule has 0 fully saturated rings. The standard InChI is InChI=1S/C14H23N5S/c1-11(2)7-15-8-12-9-17-14(20-12)19(4)10-13-16-5-6-18(13)3/h5-6,9,11,15H,7-8,10H2,1-4H3. The molecule has 20 heavy (non-hydrogen) atoms. The SMILES string of the molecule is CC(C)CNCc1cnc(N(C)Cc2nccn2C)s1. The molecule has 0 saturated carbocycles. The van der Waals surface area contributed by atoms with E-state index in [0.29, 0.717) is 5.92 Å². The van der Waals surface area contributed by atoms with E-state index in [-0.39, 0.29) is 0 Å². The lowest BCUT2D eigenvalue weighted by molar-refractivity contribution is 0.554. The van der Waals surface area contributed by atoms with Gasteiger partial charge < -0.3 is 14.8 Å². The summed E-state index contributed by atoms with van der Waals surface area (Å²) in [7, 11) is 4.07. The van der Waals surface area contributed by atoms with Gasteiger partial charge in [-0.15, -0.1) is 11.3 Å². The highest BCUT2D eigenvalue weighted by Gasteiger charge is 2.10. The molecule has 0 spiro atoms. The molecule has 110 valence electrons. The summed E-state index contributed by atoms with van der Waals surface area (Å²) in [5.74, 6) is 1.72. The second-order valence-corrected chi connectivity index (χ2v) is 6.54. The van der Waals surface area contributed by atoms with Crippen molar-refractivity contribution in [1.29, 1.82) is 0 Å². The van der Waals surface area contributed by atoms with Gasteiger partial charge in [-0.25, -0.2) is 9.97 Å². The zero-order valence-electron chi connectivity index (χ0n) is 12.6. The van der Waals surface area contributed by atoms with Crippen LogP contribution in [0.3, 0.4) is 0 Å². The molecule has 2 heterocycles. The number of hydrogen-bond acceptors (Lipinski definition) is 5. The summed E-state index contributed by atoms with van der Waals surface area (Å²) < 4.78 is 2.04. The zero-order valence-corrected chi connectivity index (χ0v) is 13.4. The third-order valence-corrected chi connectivity index (χ3v) is 4.13. The molecule has 0 aliphatic carbocycles. The topological polar surface area (TPSA) is 46.0 Å². The molecule has 0 aliphatic heterocycles. The number of anilines is 1. The molecule has 0 radical (unpaired) electrons. The van der Waals surface area contributed by atoms with Gasteiger partial charge in [-0.2, -0.15) is 0 Å². The Hall–Kier alpha value is -1.40. The fourth-order valence-corrected chi connectivity index (χ4v) is 2.71. The number of imidazole rings is 1. The Bertz CT molecular complexity index is 531. The molecular weight excluding hydrogens is 270 g/mol. The van der Waals surface area contributed by atoms with E-state index in [1.54, 1.807) is 11.3 Å². The third-order valence-electron chi connectivity index (χ3n) is 3.02. The van der Waals surface area contributed by atoms with Crippen molar-refractivity contribution in [3.63, 3.8) is 0 Å². The predicted octanol–water partition coefficient (Wildman–Crippen LogP) is 2.26. The van der Waals surface area contributed by atoms with Crippen LogP contribution in [-0.2, 0) is 20.1 Å². The molecule has 5 nitrogen and oxygen atoms in total. The highest BCUT2D eigenvalue weighted by Crippen LogP contribution is 2.22. The Labute approximate surface area is 124 Å². The molecule has 2 aromatic heterocycles. The zero-order chi connectivity index (χ0) is 14.5.